The number of aromatic nitrogens is 2. The summed E-state index contributed by atoms with van der Waals surface area (Å²) in [6, 6.07) is 1.89. The van der Waals surface area contributed by atoms with Crippen LogP contribution in [0, 0.1) is 6.92 Å². The Bertz CT molecular complexity index is 804. The average Bonchev–Trinajstić information content (AvgIpc) is 2.92. The zero-order valence-electron chi connectivity index (χ0n) is 14.0. The van der Waals surface area contributed by atoms with E-state index in [0.717, 1.165) is 42.0 Å². The Morgan fingerprint density at radius 1 is 1.32 bits per heavy atom. The number of carbonyl (C=O) groups excluding carboxylic acids is 2. The molecule has 0 saturated heterocycles. The summed E-state index contributed by atoms with van der Waals surface area (Å²) in [6.45, 7) is 1.91. The predicted octanol–water partition coefficient (Wildman–Crippen LogP) is 2.95. The molecule has 2 aromatic heterocycles. The number of nitrogens with one attached hydrogen (secondary N) is 1. The normalized spacial score (nSPS) is 13.3. The second-order valence-corrected chi connectivity index (χ2v) is 8.14. The highest BCUT2D eigenvalue weighted by Gasteiger charge is 2.24. The molecule has 0 saturated carbocycles. The number of nitrogens with zero attached hydrogens (tertiary/aromatic N) is 2. The van der Waals surface area contributed by atoms with Gasteiger partial charge in [-0.05, 0) is 44.2 Å². The first kappa shape index (κ1) is 17.9. The zero-order valence-corrected chi connectivity index (χ0v) is 15.6. The first-order valence-electron chi connectivity index (χ1n) is 8.20. The highest BCUT2D eigenvalue weighted by molar-refractivity contribution is 7.99. The van der Waals surface area contributed by atoms with E-state index in [-0.39, 0.29) is 5.91 Å². The molecule has 2 amide bonds. The van der Waals surface area contributed by atoms with Gasteiger partial charge in [0.1, 0.15) is 11.3 Å². The molecule has 6 nitrogen and oxygen atoms in total. The molecule has 1 aliphatic rings. The molecule has 25 heavy (non-hydrogen) atoms. The predicted molar refractivity (Wildman–Crippen MR) is 100 cm³/mol. The molecule has 2 heterocycles. The van der Waals surface area contributed by atoms with Crippen molar-refractivity contribution in [1.82, 2.24) is 9.97 Å². The number of carbonyl (C=O) groups is 2. The summed E-state index contributed by atoms with van der Waals surface area (Å²) in [5, 5.41) is 4.33. The maximum absolute atomic E-state index is 12.3. The van der Waals surface area contributed by atoms with Gasteiger partial charge in [-0.3, -0.25) is 9.59 Å². The number of hydrogen-bond acceptors (Lipinski definition) is 6. The van der Waals surface area contributed by atoms with E-state index in [4.69, 9.17) is 5.73 Å². The minimum absolute atomic E-state index is 0.112. The SMILES string of the molecule is Cc1cc(SCCC(=O)Nc2sc3c(c2C(N)=O)CCCC3)ncn1. The van der Waals surface area contributed by atoms with Crippen LogP contribution < -0.4 is 11.1 Å². The molecule has 3 N–H and O–H groups in total. The minimum atomic E-state index is -0.458. The Hall–Kier alpha value is -1.93. The van der Waals surface area contributed by atoms with Crippen LogP contribution in [0.1, 0.15) is 45.8 Å². The van der Waals surface area contributed by atoms with Crippen LogP contribution in [0.3, 0.4) is 0 Å². The van der Waals surface area contributed by atoms with Crippen LogP contribution in [-0.4, -0.2) is 27.5 Å². The maximum atomic E-state index is 12.3. The minimum Gasteiger partial charge on any atom is -0.365 e. The molecule has 0 spiro atoms. The van der Waals surface area contributed by atoms with Gasteiger partial charge in [0, 0.05) is 22.7 Å². The number of thioether (sulfide) groups is 1. The summed E-state index contributed by atoms with van der Waals surface area (Å²) >= 11 is 3.00. The number of primary amides is 1. The first-order valence-corrected chi connectivity index (χ1v) is 10.0. The van der Waals surface area contributed by atoms with Gasteiger partial charge in [0.15, 0.2) is 0 Å². The molecule has 0 radical (unpaired) electrons. The van der Waals surface area contributed by atoms with Crippen molar-refractivity contribution in [2.45, 2.75) is 44.1 Å². The van der Waals surface area contributed by atoms with E-state index in [1.54, 1.807) is 0 Å². The number of thiophene rings is 1. The van der Waals surface area contributed by atoms with Crippen LogP contribution >= 0.6 is 23.1 Å². The van der Waals surface area contributed by atoms with E-state index in [0.29, 0.717) is 22.7 Å². The van der Waals surface area contributed by atoms with Gasteiger partial charge in [-0.15, -0.1) is 23.1 Å². The third-order valence-corrected chi connectivity index (χ3v) is 6.16. The molecule has 0 bridgehead atoms. The van der Waals surface area contributed by atoms with Crippen molar-refractivity contribution in [3.63, 3.8) is 0 Å². The van der Waals surface area contributed by atoms with E-state index < -0.39 is 5.91 Å². The van der Waals surface area contributed by atoms with Gasteiger partial charge in [-0.25, -0.2) is 9.97 Å². The molecular weight excluding hydrogens is 356 g/mol. The fourth-order valence-electron chi connectivity index (χ4n) is 2.86. The fraction of sp³-hybridized carbons (Fsp3) is 0.412. The Labute approximate surface area is 154 Å². The Morgan fingerprint density at radius 2 is 2.12 bits per heavy atom. The summed E-state index contributed by atoms with van der Waals surface area (Å²) in [7, 11) is 0. The standard InChI is InChI=1S/C17H20N4O2S2/c1-10-8-14(20-9-19-10)24-7-6-13(22)21-17-15(16(18)23)11-4-2-3-5-12(11)25-17/h8-9H,2-7H2,1H3,(H2,18,23)(H,21,22). The molecule has 0 unspecified atom stereocenters. The number of aryl methyl sites for hydroxylation is 2. The summed E-state index contributed by atoms with van der Waals surface area (Å²) < 4.78 is 0. The number of amides is 2. The Morgan fingerprint density at radius 3 is 2.88 bits per heavy atom. The van der Waals surface area contributed by atoms with E-state index in [9.17, 15) is 9.59 Å². The highest BCUT2D eigenvalue weighted by Crippen LogP contribution is 2.38. The highest BCUT2D eigenvalue weighted by atomic mass is 32.2. The molecule has 0 atom stereocenters. The summed E-state index contributed by atoms with van der Waals surface area (Å²) in [4.78, 5) is 33.5. The topological polar surface area (TPSA) is 98.0 Å². The lowest BCUT2D eigenvalue weighted by molar-refractivity contribution is -0.115. The number of nitrogens with two attached hydrogens (primary N) is 1. The van der Waals surface area contributed by atoms with Crippen molar-refractivity contribution in [2.75, 3.05) is 11.1 Å². The molecule has 2 aromatic rings. The van der Waals surface area contributed by atoms with Crippen LogP contribution in [0.15, 0.2) is 17.4 Å². The fourth-order valence-corrected chi connectivity index (χ4v) is 5.04. The van der Waals surface area contributed by atoms with Crippen molar-refractivity contribution in [2.24, 2.45) is 5.73 Å². The number of hydrogen-bond donors (Lipinski definition) is 2. The molecular formula is C17H20N4O2S2. The van der Waals surface area contributed by atoms with Crippen molar-refractivity contribution in [1.29, 1.82) is 0 Å². The van der Waals surface area contributed by atoms with Gasteiger partial charge >= 0.3 is 0 Å². The van der Waals surface area contributed by atoms with Crippen LogP contribution in [0.4, 0.5) is 5.00 Å². The molecule has 0 fully saturated rings. The Balaban J connectivity index is 1.61. The quantitative estimate of drug-likeness (QED) is 0.597. The lowest BCUT2D eigenvalue weighted by Gasteiger charge is -2.11. The molecule has 1 aliphatic carbocycles. The Kier molecular flexibility index (Phi) is 5.70. The van der Waals surface area contributed by atoms with Crippen LogP contribution in [0.5, 0.6) is 0 Å². The summed E-state index contributed by atoms with van der Waals surface area (Å²) in [6.07, 6.45) is 5.87. The van der Waals surface area contributed by atoms with Crippen molar-refractivity contribution >= 4 is 39.9 Å². The van der Waals surface area contributed by atoms with Gasteiger partial charge in [-0.2, -0.15) is 0 Å². The lowest BCUT2D eigenvalue weighted by atomic mass is 9.95. The van der Waals surface area contributed by atoms with Gasteiger partial charge in [0.25, 0.3) is 5.91 Å². The van der Waals surface area contributed by atoms with Crippen LogP contribution in [-0.2, 0) is 17.6 Å². The molecule has 0 aromatic carbocycles. The largest absolute Gasteiger partial charge is 0.365 e. The third-order valence-electron chi connectivity index (χ3n) is 4.03. The summed E-state index contributed by atoms with van der Waals surface area (Å²) in [5.74, 6) is 0.0409. The van der Waals surface area contributed by atoms with Crippen molar-refractivity contribution in [3.8, 4) is 0 Å². The van der Waals surface area contributed by atoms with Crippen LogP contribution in [0.25, 0.3) is 0 Å². The van der Waals surface area contributed by atoms with E-state index >= 15 is 0 Å². The van der Waals surface area contributed by atoms with E-state index in [1.807, 2.05) is 13.0 Å². The second kappa shape index (κ2) is 7.97. The number of fused-ring (bicyclic) bond motifs is 1. The summed E-state index contributed by atoms with van der Waals surface area (Å²) in [5.41, 5.74) is 7.99. The van der Waals surface area contributed by atoms with Gasteiger partial charge in [-0.1, -0.05) is 0 Å². The zero-order chi connectivity index (χ0) is 17.8. The van der Waals surface area contributed by atoms with Crippen molar-refractivity contribution < 1.29 is 9.59 Å². The molecule has 132 valence electrons. The third kappa shape index (κ3) is 4.38. The molecule has 8 heteroatoms. The number of rotatable bonds is 6. The van der Waals surface area contributed by atoms with E-state index in [2.05, 4.69) is 15.3 Å². The first-order chi connectivity index (χ1) is 12.0. The molecule has 3 rings (SSSR count). The number of anilines is 1. The lowest BCUT2D eigenvalue weighted by Crippen LogP contribution is -2.18. The monoisotopic (exact) mass is 376 g/mol. The van der Waals surface area contributed by atoms with Gasteiger partial charge < -0.3 is 11.1 Å². The van der Waals surface area contributed by atoms with Crippen LogP contribution in [0.2, 0.25) is 0 Å². The average molecular weight is 377 g/mol. The van der Waals surface area contributed by atoms with Crippen molar-refractivity contribution in [3.05, 3.63) is 34.1 Å². The second-order valence-electron chi connectivity index (χ2n) is 5.92. The van der Waals surface area contributed by atoms with Gasteiger partial charge in [0.2, 0.25) is 5.91 Å². The molecule has 0 aliphatic heterocycles. The van der Waals surface area contributed by atoms with E-state index in [1.165, 1.54) is 34.3 Å². The smallest absolute Gasteiger partial charge is 0.251 e. The van der Waals surface area contributed by atoms with Gasteiger partial charge in [0.05, 0.1) is 10.6 Å². The maximum Gasteiger partial charge on any atom is 0.251 e.